The molecule has 0 bridgehead atoms. The quantitative estimate of drug-likeness (QED) is 0.834. The van der Waals surface area contributed by atoms with Crippen LogP contribution in [0.3, 0.4) is 0 Å². The molecule has 2 aliphatic heterocycles. The van der Waals surface area contributed by atoms with Crippen LogP contribution in [0.2, 0.25) is 0 Å². The van der Waals surface area contributed by atoms with Crippen LogP contribution in [0, 0.1) is 19.8 Å². The lowest BCUT2D eigenvalue weighted by Gasteiger charge is -2.28. The first-order valence-electron chi connectivity index (χ1n) is 8.62. The van der Waals surface area contributed by atoms with Crippen molar-refractivity contribution in [2.45, 2.75) is 45.6 Å². The van der Waals surface area contributed by atoms with Crippen LogP contribution in [-0.2, 0) is 0 Å². The number of hydrogen-bond acceptors (Lipinski definition) is 2. The maximum atomic E-state index is 2.70. The molecule has 0 N–H and O–H groups in total. The van der Waals surface area contributed by atoms with Gasteiger partial charge >= 0.3 is 0 Å². The first kappa shape index (κ1) is 15.1. The fourth-order valence-electron chi connectivity index (χ4n) is 4.34. The molecule has 0 saturated carbocycles. The predicted octanol–water partition coefficient (Wildman–Crippen LogP) is 3.78. The summed E-state index contributed by atoms with van der Waals surface area (Å²) in [5.74, 6) is 0.846. The smallest absolute Gasteiger partial charge is 0.0348 e. The number of aryl methyl sites for hydroxylation is 2. The summed E-state index contributed by atoms with van der Waals surface area (Å²) >= 11 is 0. The third-order valence-electron chi connectivity index (χ3n) is 5.23. The van der Waals surface area contributed by atoms with Gasteiger partial charge in [-0.25, -0.2) is 0 Å². The number of piperidine rings is 1. The normalized spacial score (nSPS) is 28.1. The van der Waals surface area contributed by atoms with Gasteiger partial charge in [0.15, 0.2) is 0 Å². The molecule has 0 aliphatic carbocycles. The van der Waals surface area contributed by atoms with Gasteiger partial charge in [0.1, 0.15) is 0 Å². The summed E-state index contributed by atoms with van der Waals surface area (Å²) in [7, 11) is 2.30. The number of benzene rings is 1. The van der Waals surface area contributed by atoms with Gasteiger partial charge in [0, 0.05) is 19.1 Å². The van der Waals surface area contributed by atoms with Gasteiger partial charge in [0.2, 0.25) is 0 Å². The van der Waals surface area contributed by atoms with E-state index < -0.39 is 0 Å². The zero-order chi connectivity index (χ0) is 14.8. The van der Waals surface area contributed by atoms with Crippen molar-refractivity contribution in [3.8, 4) is 0 Å². The molecule has 1 aromatic carbocycles. The summed E-state index contributed by atoms with van der Waals surface area (Å²) < 4.78 is 0. The topological polar surface area (TPSA) is 6.48 Å². The Hall–Kier alpha value is -0.860. The maximum Gasteiger partial charge on any atom is 0.0348 e. The van der Waals surface area contributed by atoms with E-state index in [2.05, 4.69) is 48.9 Å². The molecule has 0 unspecified atom stereocenters. The summed E-state index contributed by atoms with van der Waals surface area (Å²) in [5, 5.41) is 0. The summed E-state index contributed by atoms with van der Waals surface area (Å²) in [4.78, 5) is 5.27. The van der Waals surface area contributed by atoms with Crippen molar-refractivity contribution in [2.75, 3.05) is 33.2 Å². The molecule has 116 valence electrons. The van der Waals surface area contributed by atoms with E-state index in [4.69, 9.17) is 0 Å². The van der Waals surface area contributed by atoms with Crippen LogP contribution in [0.15, 0.2) is 18.2 Å². The molecule has 0 spiro atoms. The van der Waals surface area contributed by atoms with Crippen molar-refractivity contribution in [2.24, 2.45) is 5.92 Å². The van der Waals surface area contributed by atoms with Gasteiger partial charge in [-0.3, -0.25) is 4.90 Å². The number of rotatable bonds is 3. The second kappa shape index (κ2) is 6.50. The minimum absolute atomic E-state index is 0.624. The molecule has 0 radical (unpaired) electrons. The molecule has 0 aromatic heterocycles. The number of nitrogens with zero attached hydrogens (tertiary/aromatic N) is 2. The lowest BCUT2D eigenvalue weighted by molar-refractivity contribution is 0.196. The Balaban J connectivity index is 1.65. The lowest BCUT2D eigenvalue weighted by Crippen LogP contribution is -2.34. The molecular formula is C19H30N2. The van der Waals surface area contributed by atoms with E-state index in [0.717, 1.165) is 5.92 Å². The molecule has 0 amide bonds. The first-order valence-corrected chi connectivity index (χ1v) is 8.62. The van der Waals surface area contributed by atoms with Crippen molar-refractivity contribution in [3.63, 3.8) is 0 Å². The standard InChI is InChI=1S/C19H30N2/c1-15-9-16(2)11-18(10-15)19-12-17(13-20(19)3)14-21-7-5-4-6-8-21/h9-11,17,19H,4-8,12-14H2,1-3H3/t17-,19-/m1/s1. The molecule has 2 saturated heterocycles. The lowest BCUT2D eigenvalue weighted by atomic mass is 9.96. The van der Waals surface area contributed by atoms with Crippen molar-refractivity contribution in [1.29, 1.82) is 0 Å². The Morgan fingerprint density at radius 3 is 2.33 bits per heavy atom. The molecular weight excluding hydrogens is 256 g/mol. The molecule has 3 rings (SSSR count). The minimum Gasteiger partial charge on any atom is -0.303 e. The monoisotopic (exact) mass is 286 g/mol. The summed E-state index contributed by atoms with van der Waals surface area (Å²) in [6, 6.07) is 7.68. The van der Waals surface area contributed by atoms with Crippen molar-refractivity contribution in [1.82, 2.24) is 9.80 Å². The van der Waals surface area contributed by atoms with E-state index in [1.54, 1.807) is 0 Å². The Bertz CT molecular complexity index is 456. The van der Waals surface area contributed by atoms with E-state index in [1.807, 2.05) is 0 Å². The molecule has 2 heteroatoms. The van der Waals surface area contributed by atoms with Crippen LogP contribution in [0.4, 0.5) is 0 Å². The fourth-order valence-corrected chi connectivity index (χ4v) is 4.34. The number of hydrogen-bond donors (Lipinski definition) is 0. The third-order valence-corrected chi connectivity index (χ3v) is 5.23. The van der Waals surface area contributed by atoms with Crippen molar-refractivity contribution >= 4 is 0 Å². The van der Waals surface area contributed by atoms with Crippen LogP contribution in [0.1, 0.15) is 48.4 Å². The van der Waals surface area contributed by atoms with Crippen LogP contribution >= 0.6 is 0 Å². The van der Waals surface area contributed by atoms with Crippen LogP contribution in [0.25, 0.3) is 0 Å². The zero-order valence-electron chi connectivity index (χ0n) is 13.9. The molecule has 2 heterocycles. The second-order valence-corrected chi connectivity index (χ2v) is 7.34. The highest BCUT2D eigenvalue weighted by molar-refractivity contribution is 5.31. The van der Waals surface area contributed by atoms with Gasteiger partial charge in [-0.15, -0.1) is 0 Å². The average molecular weight is 286 g/mol. The van der Waals surface area contributed by atoms with Crippen LogP contribution in [0.5, 0.6) is 0 Å². The highest BCUT2D eigenvalue weighted by Gasteiger charge is 2.31. The largest absolute Gasteiger partial charge is 0.303 e. The molecule has 2 fully saturated rings. The fraction of sp³-hybridized carbons (Fsp3) is 0.684. The van der Waals surface area contributed by atoms with E-state index in [-0.39, 0.29) is 0 Å². The van der Waals surface area contributed by atoms with Crippen molar-refractivity contribution < 1.29 is 0 Å². The van der Waals surface area contributed by atoms with E-state index in [9.17, 15) is 0 Å². The zero-order valence-corrected chi connectivity index (χ0v) is 13.9. The molecule has 2 nitrogen and oxygen atoms in total. The highest BCUT2D eigenvalue weighted by atomic mass is 15.2. The van der Waals surface area contributed by atoms with Gasteiger partial charge in [-0.1, -0.05) is 35.7 Å². The van der Waals surface area contributed by atoms with E-state index in [1.165, 1.54) is 68.6 Å². The SMILES string of the molecule is Cc1cc(C)cc([C@H]2C[C@@H](CN3CCCCC3)CN2C)c1. The summed E-state index contributed by atoms with van der Waals surface area (Å²) in [5.41, 5.74) is 4.33. The number of likely N-dealkylation sites (tertiary alicyclic amines) is 2. The molecule has 2 aliphatic rings. The Kier molecular flexibility index (Phi) is 4.66. The third kappa shape index (κ3) is 3.67. The Morgan fingerprint density at radius 2 is 1.67 bits per heavy atom. The Morgan fingerprint density at radius 1 is 1.00 bits per heavy atom. The minimum atomic E-state index is 0.624. The van der Waals surface area contributed by atoms with Gasteiger partial charge in [-0.05, 0) is 64.7 Å². The summed E-state index contributed by atoms with van der Waals surface area (Å²) in [6.45, 7) is 9.66. The molecule has 2 atom stereocenters. The van der Waals surface area contributed by atoms with Crippen LogP contribution < -0.4 is 0 Å². The highest BCUT2D eigenvalue weighted by Crippen LogP contribution is 2.35. The maximum absolute atomic E-state index is 2.70. The van der Waals surface area contributed by atoms with Gasteiger partial charge < -0.3 is 4.90 Å². The predicted molar refractivity (Wildman–Crippen MR) is 89.7 cm³/mol. The van der Waals surface area contributed by atoms with Gasteiger partial charge in [-0.2, -0.15) is 0 Å². The second-order valence-electron chi connectivity index (χ2n) is 7.34. The molecule has 21 heavy (non-hydrogen) atoms. The Labute approximate surface area is 130 Å². The average Bonchev–Trinajstić information content (AvgIpc) is 2.79. The van der Waals surface area contributed by atoms with Crippen molar-refractivity contribution in [3.05, 3.63) is 34.9 Å². The first-order chi connectivity index (χ1) is 10.1. The van der Waals surface area contributed by atoms with Gasteiger partial charge in [0.05, 0.1) is 0 Å². The van der Waals surface area contributed by atoms with E-state index >= 15 is 0 Å². The van der Waals surface area contributed by atoms with Gasteiger partial charge in [0.25, 0.3) is 0 Å². The molecule has 1 aromatic rings. The van der Waals surface area contributed by atoms with E-state index in [0.29, 0.717) is 6.04 Å². The van der Waals surface area contributed by atoms with Crippen LogP contribution in [-0.4, -0.2) is 43.0 Å². The summed E-state index contributed by atoms with van der Waals surface area (Å²) in [6.07, 6.45) is 5.58.